The minimum atomic E-state index is -0.131. The highest BCUT2D eigenvalue weighted by atomic mass is 16.2. The largest absolute Gasteiger partial charge is 0.353 e. The van der Waals surface area contributed by atoms with Crippen LogP contribution in [0.4, 0.5) is 0 Å². The van der Waals surface area contributed by atoms with E-state index in [4.69, 9.17) is 0 Å². The topological polar surface area (TPSA) is 90.4 Å². The predicted molar refractivity (Wildman–Crippen MR) is 122 cm³/mol. The number of rotatable bonds is 6. The highest BCUT2D eigenvalue weighted by Gasteiger charge is 2.46. The van der Waals surface area contributed by atoms with Gasteiger partial charge in [-0.3, -0.25) is 19.1 Å². The number of para-hydroxylation sites is 2. The Morgan fingerprint density at radius 2 is 1.88 bits per heavy atom. The summed E-state index contributed by atoms with van der Waals surface area (Å²) in [6.45, 7) is 1.52. The summed E-state index contributed by atoms with van der Waals surface area (Å²) in [6, 6.07) is 8.30. The maximum absolute atomic E-state index is 13.1. The number of aryl methyl sites for hydroxylation is 1. The summed E-state index contributed by atoms with van der Waals surface area (Å²) in [6.07, 6.45) is 6.87. The van der Waals surface area contributed by atoms with Crippen LogP contribution in [0.25, 0.3) is 11.0 Å². The van der Waals surface area contributed by atoms with Crippen LogP contribution in [0.3, 0.4) is 0 Å². The van der Waals surface area contributed by atoms with Gasteiger partial charge in [-0.05, 0) is 70.7 Å². The average molecular weight is 440 g/mol. The number of hydrogen-bond acceptors (Lipinski definition) is 4. The number of nitrogens with zero attached hydrogens (tertiary/aromatic N) is 3. The smallest absolute Gasteiger partial charge is 0.326 e. The fraction of sp³-hybridized carbons (Fsp3) is 0.625. The third-order valence-electron chi connectivity index (χ3n) is 7.63. The molecule has 8 nitrogen and oxygen atoms in total. The maximum Gasteiger partial charge on any atom is 0.326 e. The van der Waals surface area contributed by atoms with Gasteiger partial charge < -0.3 is 15.2 Å². The van der Waals surface area contributed by atoms with E-state index >= 15 is 0 Å². The number of likely N-dealkylation sites (tertiary alicyclic amines) is 1. The van der Waals surface area contributed by atoms with Gasteiger partial charge in [-0.25, -0.2) is 4.79 Å². The first-order valence-corrected chi connectivity index (χ1v) is 12.0. The van der Waals surface area contributed by atoms with Crippen LogP contribution >= 0.6 is 0 Å². The molecule has 172 valence electrons. The van der Waals surface area contributed by atoms with Crippen LogP contribution in [0.15, 0.2) is 29.1 Å². The van der Waals surface area contributed by atoms with Gasteiger partial charge in [0.25, 0.3) is 0 Å². The molecule has 8 heteroatoms. The summed E-state index contributed by atoms with van der Waals surface area (Å²) < 4.78 is 1.70. The number of likely N-dealkylation sites (N-methyl/N-ethyl adjacent to an activating group) is 1. The van der Waals surface area contributed by atoms with Crippen molar-refractivity contribution >= 4 is 22.8 Å². The van der Waals surface area contributed by atoms with Crippen LogP contribution in [-0.4, -0.2) is 68.9 Å². The fourth-order valence-corrected chi connectivity index (χ4v) is 6.08. The van der Waals surface area contributed by atoms with Gasteiger partial charge in [0.1, 0.15) is 0 Å². The van der Waals surface area contributed by atoms with Gasteiger partial charge in [-0.2, -0.15) is 0 Å². The monoisotopic (exact) mass is 439 g/mol. The molecule has 32 heavy (non-hydrogen) atoms. The van der Waals surface area contributed by atoms with Gasteiger partial charge >= 0.3 is 5.69 Å². The fourth-order valence-electron chi connectivity index (χ4n) is 6.08. The second-order valence-corrected chi connectivity index (χ2v) is 9.71. The third kappa shape index (κ3) is 3.96. The van der Waals surface area contributed by atoms with Crippen LogP contribution in [0.2, 0.25) is 0 Å². The second kappa shape index (κ2) is 8.73. The maximum atomic E-state index is 13.1. The van der Waals surface area contributed by atoms with Crippen molar-refractivity contribution in [3.8, 4) is 0 Å². The normalized spacial score (nSPS) is 27.8. The zero-order valence-electron chi connectivity index (χ0n) is 18.8. The first-order valence-electron chi connectivity index (χ1n) is 12.0. The minimum Gasteiger partial charge on any atom is -0.353 e. The van der Waals surface area contributed by atoms with Crippen LogP contribution < -0.4 is 11.0 Å². The highest BCUT2D eigenvalue weighted by molar-refractivity contribution is 5.83. The summed E-state index contributed by atoms with van der Waals surface area (Å²) in [4.78, 5) is 45.1. The van der Waals surface area contributed by atoms with Crippen LogP contribution in [0, 0.1) is 0 Å². The van der Waals surface area contributed by atoms with Gasteiger partial charge in [-0.15, -0.1) is 0 Å². The molecule has 2 N–H and O–H groups in total. The molecule has 1 aromatic heterocycles. The van der Waals surface area contributed by atoms with E-state index in [1.54, 1.807) is 4.57 Å². The highest BCUT2D eigenvalue weighted by Crippen LogP contribution is 2.37. The standard InChI is InChI=1S/C24H33N5O3/c1-27-12-4-8-21(27)23(31)29-17-10-11-18(29)15-16(14-17)25-22(30)9-5-13-28-20-7-3-2-6-19(20)26-24(28)32/h2-3,6-7,16-18,21H,4-5,8-15H2,1H3,(H,25,30)(H,26,32)/t16?,17?,18?,21-/m0/s1. The zero-order valence-corrected chi connectivity index (χ0v) is 18.8. The van der Waals surface area contributed by atoms with E-state index in [1.807, 2.05) is 24.3 Å². The molecule has 3 aliphatic rings. The van der Waals surface area contributed by atoms with E-state index in [0.717, 1.165) is 56.1 Å². The molecule has 3 fully saturated rings. The van der Waals surface area contributed by atoms with E-state index < -0.39 is 0 Å². The van der Waals surface area contributed by atoms with E-state index in [9.17, 15) is 14.4 Å². The lowest BCUT2D eigenvalue weighted by Crippen LogP contribution is -2.56. The van der Waals surface area contributed by atoms with E-state index in [1.165, 1.54) is 0 Å². The molecule has 3 aliphatic heterocycles. The first kappa shape index (κ1) is 21.2. The summed E-state index contributed by atoms with van der Waals surface area (Å²) >= 11 is 0. The van der Waals surface area contributed by atoms with Crippen molar-refractivity contribution in [1.29, 1.82) is 0 Å². The van der Waals surface area contributed by atoms with E-state index in [2.05, 4.69) is 27.1 Å². The molecule has 2 bridgehead atoms. The number of carbonyl (C=O) groups is 2. The molecular formula is C24H33N5O3. The summed E-state index contributed by atoms with van der Waals surface area (Å²) in [5.41, 5.74) is 1.56. The number of aromatic nitrogens is 2. The lowest BCUT2D eigenvalue weighted by molar-refractivity contribution is -0.140. The Morgan fingerprint density at radius 3 is 2.59 bits per heavy atom. The van der Waals surface area contributed by atoms with Crippen molar-refractivity contribution in [2.75, 3.05) is 13.6 Å². The molecule has 2 aromatic rings. The van der Waals surface area contributed by atoms with Crippen molar-refractivity contribution in [3.05, 3.63) is 34.7 Å². The third-order valence-corrected chi connectivity index (χ3v) is 7.63. The molecule has 0 spiro atoms. The average Bonchev–Trinajstić information content (AvgIpc) is 3.41. The SMILES string of the molecule is CN1CCC[C@H]1C(=O)N1C2CCC1CC(NC(=O)CCCn1c(=O)[nH]c3ccccc31)C2. The minimum absolute atomic E-state index is 0.0390. The number of carbonyl (C=O) groups excluding carboxylic acids is 2. The predicted octanol–water partition coefficient (Wildman–Crippen LogP) is 1.84. The van der Waals surface area contributed by atoms with Crippen LogP contribution in [0.1, 0.15) is 51.4 Å². The molecule has 3 atom stereocenters. The number of nitrogens with one attached hydrogen (secondary N) is 2. The van der Waals surface area contributed by atoms with Crippen LogP contribution in [-0.2, 0) is 16.1 Å². The number of hydrogen-bond donors (Lipinski definition) is 2. The molecule has 0 saturated carbocycles. The number of aromatic amines is 1. The molecule has 0 aliphatic carbocycles. The van der Waals surface area contributed by atoms with Gasteiger partial charge in [0.15, 0.2) is 0 Å². The van der Waals surface area contributed by atoms with Gasteiger partial charge in [0.2, 0.25) is 11.8 Å². The molecule has 4 heterocycles. The van der Waals surface area contributed by atoms with Crippen molar-refractivity contribution in [3.63, 3.8) is 0 Å². The number of fused-ring (bicyclic) bond motifs is 3. The van der Waals surface area contributed by atoms with Crippen molar-refractivity contribution < 1.29 is 9.59 Å². The second-order valence-electron chi connectivity index (χ2n) is 9.71. The number of imidazole rings is 1. The number of H-pyrrole nitrogens is 1. The molecule has 0 radical (unpaired) electrons. The number of piperidine rings is 1. The quantitative estimate of drug-likeness (QED) is 0.719. The summed E-state index contributed by atoms with van der Waals surface area (Å²) in [7, 11) is 2.05. The summed E-state index contributed by atoms with van der Waals surface area (Å²) in [5.74, 6) is 0.337. The molecule has 5 rings (SSSR count). The zero-order chi connectivity index (χ0) is 22.2. The molecule has 2 amide bonds. The van der Waals surface area contributed by atoms with Gasteiger partial charge in [-0.1, -0.05) is 12.1 Å². The van der Waals surface area contributed by atoms with Crippen LogP contribution in [0.5, 0.6) is 0 Å². The molecule has 1 aromatic carbocycles. The van der Waals surface area contributed by atoms with E-state index in [0.29, 0.717) is 25.3 Å². The lowest BCUT2D eigenvalue weighted by Gasteiger charge is -2.41. The Kier molecular flexibility index (Phi) is 5.80. The van der Waals surface area contributed by atoms with Gasteiger partial charge in [0.05, 0.1) is 17.1 Å². The number of amides is 2. The Bertz CT molecular complexity index is 1050. The lowest BCUT2D eigenvalue weighted by atomic mass is 9.95. The van der Waals surface area contributed by atoms with Crippen molar-refractivity contribution in [1.82, 2.24) is 24.7 Å². The van der Waals surface area contributed by atoms with Crippen molar-refractivity contribution in [2.24, 2.45) is 0 Å². The number of benzene rings is 1. The van der Waals surface area contributed by atoms with E-state index in [-0.39, 0.29) is 35.8 Å². The molecule has 2 unspecified atom stereocenters. The first-order chi connectivity index (χ1) is 15.5. The van der Waals surface area contributed by atoms with Crippen molar-refractivity contribution in [2.45, 2.75) is 82.1 Å². The Labute approximate surface area is 187 Å². The molecular weight excluding hydrogens is 406 g/mol. The molecule has 3 saturated heterocycles. The van der Waals surface area contributed by atoms with Gasteiger partial charge in [0, 0.05) is 31.1 Å². The summed E-state index contributed by atoms with van der Waals surface area (Å²) in [5, 5.41) is 3.21. The Morgan fingerprint density at radius 1 is 1.12 bits per heavy atom. The Balaban J connectivity index is 1.12. The Hall–Kier alpha value is -2.61.